The van der Waals surface area contributed by atoms with Crippen molar-refractivity contribution >= 4 is 15.9 Å². The van der Waals surface area contributed by atoms with Crippen LogP contribution in [0.15, 0.2) is 59.5 Å². The molecule has 6 nitrogen and oxygen atoms in total. The van der Waals surface area contributed by atoms with E-state index in [1.54, 1.807) is 4.90 Å². The van der Waals surface area contributed by atoms with Crippen LogP contribution in [0.3, 0.4) is 0 Å². The van der Waals surface area contributed by atoms with E-state index in [0.717, 1.165) is 11.6 Å². The lowest BCUT2D eigenvalue weighted by atomic mass is 10.1. The van der Waals surface area contributed by atoms with Gasteiger partial charge in [0.15, 0.2) is 6.54 Å². The first kappa shape index (κ1) is 20.4. The third kappa shape index (κ3) is 4.76. The van der Waals surface area contributed by atoms with E-state index in [4.69, 9.17) is 0 Å². The fourth-order valence-corrected chi connectivity index (χ4v) is 4.71. The summed E-state index contributed by atoms with van der Waals surface area (Å²) in [6, 6.07) is 15.1. The van der Waals surface area contributed by atoms with E-state index in [0.29, 0.717) is 19.6 Å². The molecule has 2 aromatic rings. The molecule has 0 spiro atoms. The van der Waals surface area contributed by atoms with Crippen LogP contribution in [0.4, 0.5) is 4.39 Å². The number of carbonyl (C=O) groups is 1. The second-order valence-corrected chi connectivity index (χ2v) is 8.82. The van der Waals surface area contributed by atoms with E-state index in [-0.39, 0.29) is 29.9 Å². The van der Waals surface area contributed by atoms with Crippen LogP contribution in [0.25, 0.3) is 0 Å². The predicted molar refractivity (Wildman–Crippen MR) is 103 cm³/mol. The molecule has 8 heteroatoms. The quantitative estimate of drug-likeness (QED) is 0.777. The van der Waals surface area contributed by atoms with Crippen molar-refractivity contribution < 1.29 is 22.9 Å². The molecule has 2 N–H and O–H groups in total. The average Bonchev–Trinajstić information content (AvgIpc) is 2.72. The molecule has 1 atom stereocenters. The highest BCUT2D eigenvalue weighted by Gasteiger charge is 2.30. The predicted octanol–water partition coefficient (Wildman–Crippen LogP) is 0.983. The molecule has 1 fully saturated rings. The van der Waals surface area contributed by atoms with E-state index in [1.807, 2.05) is 42.6 Å². The first-order chi connectivity index (χ1) is 13.4. The molecule has 0 unspecified atom stereocenters. The highest BCUT2D eigenvalue weighted by atomic mass is 32.2. The van der Waals surface area contributed by atoms with Crippen molar-refractivity contribution in [2.45, 2.75) is 17.9 Å². The number of nitrogens with two attached hydrogens (primary N) is 1. The second-order valence-electron chi connectivity index (χ2n) is 6.88. The summed E-state index contributed by atoms with van der Waals surface area (Å²) in [6.45, 7) is 3.44. The maximum Gasteiger partial charge on any atom is 0.277 e. The Morgan fingerprint density at radius 1 is 1.07 bits per heavy atom. The molecular formula is C20H25FN3O3S+. The number of hydrogen-bond donors (Lipinski definition) is 1. The number of rotatable bonds is 6. The Bertz CT molecular complexity index is 913. The standard InChI is InChI=1S/C20H24FN3O3S/c1-16(17-6-3-2-4-7-17)22-15-20(25)23-10-12-24(13-11-23)28(26,27)19-9-5-8-18(21)14-19/h2-9,14,16,22H,10-13,15H2,1H3/p+1/t16-/m1/s1. The van der Waals surface area contributed by atoms with Crippen LogP contribution in [0.2, 0.25) is 0 Å². The normalized spacial score (nSPS) is 16.7. The molecule has 1 heterocycles. The van der Waals surface area contributed by atoms with Gasteiger partial charge in [-0.1, -0.05) is 36.4 Å². The topological polar surface area (TPSA) is 74.3 Å². The summed E-state index contributed by atoms with van der Waals surface area (Å²) in [5.74, 6) is -0.594. The number of benzene rings is 2. The summed E-state index contributed by atoms with van der Waals surface area (Å²) >= 11 is 0. The van der Waals surface area contributed by atoms with Gasteiger partial charge in [0.1, 0.15) is 11.9 Å². The largest absolute Gasteiger partial charge is 0.335 e. The maximum absolute atomic E-state index is 13.4. The first-order valence-electron chi connectivity index (χ1n) is 9.29. The minimum atomic E-state index is -3.75. The van der Waals surface area contributed by atoms with Crippen molar-refractivity contribution in [3.63, 3.8) is 0 Å². The van der Waals surface area contributed by atoms with Gasteiger partial charge in [-0.15, -0.1) is 0 Å². The lowest BCUT2D eigenvalue weighted by Crippen LogP contribution is -2.87. The van der Waals surface area contributed by atoms with Gasteiger partial charge in [0.2, 0.25) is 10.0 Å². The molecule has 1 saturated heterocycles. The van der Waals surface area contributed by atoms with Gasteiger partial charge in [-0.2, -0.15) is 4.31 Å². The molecule has 0 radical (unpaired) electrons. The Kier molecular flexibility index (Phi) is 6.43. The molecule has 0 aliphatic carbocycles. The lowest BCUT2D eigenvalue weighted by molar-refractivity contribution is -0.683. The third-order valence-corrected chi connectivity index (χ3v) is 6.89. The molecule has 1 aliphatic rings. The average molecular weight is 407 g/mol. The minimum Gasteiger partial charge on any atom is -0.335 e. The number of amides is 1. The minimum absolute atomic E-state index is 0.00872. The van der Waals surface area contributed by atoms with E-state index in [1.165, 1.54) is 22.5 Å². The van der Waals surface area contributed by atoms with Crippen LogP contribution in [0.1, 0.15) is 18.5 Å². The van der Waals surface area contributed by atoms with Crippen LogP contribution in [0.5, 0.6) is 0 Å². The number of piperazine rings is 1. The number of halogens is 1. The number of hydrogen-bond acceptors (Lipinski definition) is 3. The van der Waals surface area contributed by atoms with Crippen molar-refractivity contribution in [3.8, 4) is 0 Å². The maximum atomic E-state index is 13.4. The number of sulfonamides is 1. The Balaban J connectivity index is 1.52. The Morgan fingerprint density at radius 3 is 2.39 bits per heavy atom. The van der Waals surface area contributed by atoms with E-state index in [9.17, 15) is 17.6 Å². The van der Waals surface area contributed by atoms with Gasteiger partial charge >= 0.3 is 0 Å². The van der Waals surface area contributed by atoms with Gasteiger partial charge in [-0.25, -0.2) is 12.8 Å². The smallest absolute Gasteiger partial charge is 0.277 e. The third-order valence-electron chi connectivity index (χ3n) is 5.00. The van der Waals surface area contributed by atoms with Crippen LogP contribution in [-0.2, 0) is 14.8 Å². The van der Waals surface area contributed by atoms with Crippen molar-refractivity contribution in [2.24, 2.45) is 0 Å². The summed E-state index contributed by atoms with van der Waals surface area (Å²) in [6.07, 6.45) is 0. The van der Waals surface area contributed by atoms with Crippen molar-refractivity contribution in [3.05, 3.63) is 66.0 Å². The van der Waals surface area contributed by atoms with Gasteiger partial charge in [0, 0.05) is 31.7 Å². The van der Waals surface area contributed by atoms with Crippen molar-refractivity contribution in [1.82, 2.24) is 9.21 Å². The molecule has 1 amide bonds. The van der Waals surface area contributed by atoms with Gasteiger partial charge in [-0.3, -0.25) is 4.79 Å². The van der Waals surface area contributed by atoms with Crippen LogP contribution in [0, 0.1) is 5.82 Å². The first-order valence-corrected chi connectivity index (χ1v) is 10.7. The van der Waals surface area contributed by atoms with Crippen LogP contribution >= 0.6 is 0 Å². The Hall–Kier alpha value is -2.29. The zero-order valence-electron chi connectivity index (χ0n) is 15.8. The lowest BCUT2D eigenvalue weighted by Gasteiger charge is -2.33. The molecule has 0 aromatic heterocycles. The zero-order chi connectivity index (χ0) is 20.1. The number of quaternary nitrogens is 1. The van der Waals surface area contributed by atoms with Gasteiger partial charge < -0.3 is 10.2 Å². The summed E-state index contributed by atoms with van der Waals surface area (Å²) in [7, 11) is -3.75. The summed E-state index contributed by atoms with van der Waals surface area (Å²) in [5.41, 5.74) is 1.15. The molecule has 28 heavy (non-hydrogen) atoms. The monoisotopic (exact) mass is 406 g/mol. The SMILES string of the molecule is C[C@@H]([NH2+]CC(=O)N1CCN(S(=O)(=O)c2cccc(F)c2)CC1)c1ccccc1. The summed E-state index contributed by atoms with van der Waals surface area (Å²) in [5, 5.41) is 1.98. The van der Waals surface area contributed by atoms with Crippen LogP contribution in [-0.4, -0.2) is 56.3 Å². The van der Waals surface area contributed by atoms with E-state index >= 15 is 0 Å². The highest BCUT2D eigenvalue weighted by Crippen LogP contribution is 2.18. The molecule has 0 saturated carbocycles. The highest BCUT2D eigenvalue weighted by molar-refractivity contribution is 7.89. The number of carbonyl (C=O) groups excluding carboxylic acids is 1. The van der Waals surface area contributed by atoms with Crippen LogP contribution < -0.4 is 5.32 Å². The Morgan fingerprint density at radius 2 is 1.75 bits per heavy atom. The van der Waals surface area contributed by atoms with Crippen molar-refractivity contribution in [1.29, 1.82) is 0 Å². The molecular weight excluding hydrogens is 381 g/mol. The molecule has 1 aliphatic heterocycles. The summed E-state index contributed by atoms with van der Waals surface area (Å²) < 4.78 is 39.9. The molecule has 2 aromatic carbocycles. The molecule has 150 valence electrons. The molecule has 3 rings (SSSR count). The van der Waals surface area contributed by atoms with Gasteiger partial charge in [0.25, 0.3) is 5.91 Å². The van der Waals surface area contributed by atoms with Gasteiger partial charge in [-0.05, 0) is 25.1 Å². The summed E-state index contributed by atoms with van der Waals surface area (Å²) in [4.78, 5) is 14.1. The fraction of sp³-hybridized carbons (Fsp3) is 0.350. The van der Waals surface area contributed by atoms with E-state index < -0.39 is 15.8 Å². The fourth-order valence-electron chi connectivity index (χ4n) is 3.25. The number of nitrogens with zero attached hydrogens (tertiary/aromatic N) is 2. The van der Waals surface area contributed by atoms with Gasteiger partial charge in [0.05, 0.1) is 4.90 Å². The molecule has 0 bridgehead atoms. The zero-order valence-corrected chi connectivity index (χ0v) is 16.6. The Labute approximate surface area is 165 Å². The van der Waals surface area contributed by atoms with E-state index in [2.05, 4.69) is 0 Å². The van der Waals surface area contributed by atoms with Crippen molar-refractivity contribution in [2.75, 3.05) is 32.7 Å². The second kappa shape index (κ2) is 8.81.